The van der Waals surface area contributed by atoms with Crippen molar-refractivity contribution in [3.63, 3.8) is 0 Å². The summed E-state index contributed by atoms with van der Waals surface area (Å²) in [4.78, 5) is 2.59. The topological polar surface area (TPSA) is 3.24 Å². The van der Waals surface area contributed by atoms with Crippen molar-refractivity contribution in [1.82, 2.24) is 0 Å². The molecule has 1 heteroatoms. The summed E-state index contributed by atoms with van der Waals surface area (Å²) in [5.41, 5.74) is 22.2. The quantitative estimate of drug-likeness (QED) is 0.155. The molecule has 0 bridgehead atoms. The maximum absolute atomic E-state index is 2.59. The highest BCUT2D eigenvalue weighted by Crippen LogP contribution is 2.59. The van der Waals surface area contributed by atoms with Gasteiger partial charge in [0.05, 0.1) is 11.1 Å². The summed E-state index contributed by atoms with van der Waals surface area (Å²) in [5, 5.41) is 0. The van der Waals surface area contributed by atoms with Gasteiger partial charge in [0.2, 0.25) is 0 Å². The number of para-hydroxylation sites is 1. The molecule has 0 unspecified atom stereocenters. The van der Waals surface area contributed by atoms with Crippen LogP contribution < -0.4 is 4.90 Å². The Morgan fingerprint density at radius 1 is 0.387 bits per heavy atom. The highest BCUT2D eigenvalue weighted by atomic mass is 15.1. The number of fused-ring (bicyclic) bond motifs is 5. The lowest BCUT2D eigenvalue weighted by Crippen LogP contribution is -2.33. The van der Waals surface area contributed by atoms with Crippen molar-refractivity contribution in [2.75, 3.05) is 4.90 Å². The zero-order chi connectivity index (χ0) is 42.1. The third kappa shape index (κ3) is 6.11. The normalized spacial score (nSPS) is 16.4. The van der Waals surface area contributed by atoms with Gasteiger partial charge < -0.3 is 4.90 Å². The molecule has 3 aliphatic carbocycles. The number of hydrogen-bond acceptors (Lipinski definition) is 1. The largest absolute Gasteiger partial charge is 0.310 e. The van der Waals surface area contributed by atoms with E-state index in [1.807, 2.05) is 0 Å². The van der Waals surface area contributed by atoms with Gasteiger partial charge in [0.15, 0.2) is 0 Å². The number of hydrogen-bond donors (Lipinski definition) is 0. The third-order valence-electron chi connectivity index (χ3n) is 14.8. The minimum atomic E-state index is -0.515. The van der Waals surface area contributed by atoms with Crippen LogP contribution >= 0.6 is 0 Å². The minimum absolute atomic E-state index is 0.155. The minimum Gasteiger partial charge on any atom is -0.310 e. The van der Waals surface area contributed by atoms with Gasteiger partial charge in [-0.1, -0.05) is 185 Å². The number of nitrogens with zero attached hydrogens (tertiary/aromatic N) is 1. The van der Waals surface area contributed by atoms with Crippen LogP contribution in [0.2, 0.25) is 0 Å². The summed E-state index contributed by atoms with van der Waals surface area (Å²) in [6.45, 7) is 9.67. The SMILES string of the molecule is CC1(C)CCC(C)(C)c2cc(-c3ccc(-c4cc5c(cc4N(c4ccccc4)c4cccc6c4CCCC6)C(c4ccccc4)(c4ccccc4)c4ccccc4-5)cc3)ccc21. The van der Waals surface area contributed by atoms with Crippen LogP contribution in [0.15, 0.2) is 188 Å². The Hall–Kier alpha value is -6.44. The maximum atomic E-state index is 2.59. The van der Waals surface area contributed by atoms with Crippen LogP contribution in [-0.4, -0.2) is 0 Å². The molecular weight excluding hydrogens is 747 g/mol. The van der Waals surface area contributed by atoms with Gasteiger partial charge in [-0.25, -0.2) is 0 Å². The van der Waals surface area contributed by atoms with Crippen LogP contribution in [0, 0.1) is 0 Å². The van der Waals surface area contributed by atoms with Gasteiger partial charge in [-0.2, -0.15) is 0 Å². The van der Waals surface area contributed by atoms with Crippen molar-refractivity contribution in [3.8, 4) is 33.4 Å². The Kier molecular flexibility index (Phi) is 9.24. The van der Waals surface area contributed by atoms with Gasteiger partial charge in [0, 0.05) is 16.9 Å². The van der Waals surface area contributed by atoms with Crippen LogP contribution in [-0.2, 0) is 29.1 Å². The second-order valence-corrected chi connectivity index (χ2v) is 19.3. The standard InChI is InChI=1S/C61H55N/c1-59(2)37-38-60(3,4)56-39-45(35-36-54(56)59)42-31-33-44(34-32-42)51-40-52-50-28-16-17-29-53(50)61(46-21-8-5-9-22-46,47-23-10-6-11-24-47)55(52)41-58(51)62(48-25-12-7-13-26-48)57-30-18-20-43-19-14-15-27-49(43)57/h5-13,16-18,20-26,28-36,39-41H,14-15,19,27,37-38H2,1-4H3. The third-order valence-corrected chi connectivity index (χ3v) is 14.8. The zero-order valence-electron chi connectivity index (χ0n) is 36.6. The molecule has 1 nitrogen and oxygen atoms in total. The Bertz CT molecular complexity index is 2900. The van der Waals surface area contributed by atoms with Gasteiger partial charge >= 0.3 is 0 Å². The molecule has 0 spiro atoms. The second-order valence-electron chi connectivity index (χ2n) is 19.3. The molecule has 0 aliphatic heterocycles. The molecule has 0 atom stereocenters. The number of benzene rings is 8. The fraction of sp³-hybridized carbons (Fsp3) is 0.213. The molecule has 62 heavy (non-hydrogen) atoms. The summed E-state index contributed by atoms with van der Waals surface area (Å²) in [6, 6.07) is 71.5. The highest BCUT2D eigenvalue weighted by molar-refractivity contribution is 5.97. The van der Waals surface area contributed by atoms with Gasteiger partial charge in [0.1, 0.15) is 0 Å². The molecule has 3 aliphatic rings. The summed E-state index contributed by atoms with van der Waals surface area (Å²) in [5.74, 6) is 0. The smallest absolute Gasteiger partial charge is 0.0714 e. The number of anilines is 3. The predicted octanol–water partition coefficient (Wildman–Crippen LogP) is 16.1. The number of aryl methyl sites for hydroxylation is 1. The van der Waals surface area contributed by atoms with E-state index in [2.05, 4.69) is 221 Å². The van der Waals surface area contributed by atoms with Crippen molar-refractivity contribution in [2.45, 2.75) is 82.5 Å². The molecule has 8 aromatic carbocycles. The van der Waals surface area contributed by atoms with E-state index >= 15 is 0 Å². The van der Waals surface area contributed by atoms with Crippen LogP contribution in [0.25, 0.3) is 33.4 Å². The first-order valence-corrected chi connectivity index (χ1v) is 22.9. The lowest BCUT2D eigenvalue weighted by molar-refractivity contribution is 0.332. The Morgan fingerprint density at radius 3 is 1.69 bits per heavy atom. The lowest BCUT2D eigenvalue weighted by Gasteiger charge is -2.42. The average Bonchev–Trinajstić information content (AvgIpc) is 3.61. The lowest BCUT2D eigenvalue weighted by atomic mass is 9.63. The fourth-order valence-corrected chi connectivity index (χ4v) is 11.5. The molecule has 0 saturated heterocycles. The van der Waals surface area contributed by atoms with Crippen molar-refractivity contribution < 1.29 is 0 Å². The van der Waals surface area contributed by atoms with E-state index in [0.717, 1.165) is 12.8 Å². The van der Waals surface area contributed by atoms with Gasteiger partial charge in [-0.15, -0.1) is 0 Å². The summed E-state index contributed by atoms with van der Waals surface area (Å²) in [6.07, 6.45) is 7.09. The monoisotopic (exact) mass is 801 g/mol. The molecule has 0 aromatic heterocycles. The van der Waals surface area contributed by atoms with E-state index in [-0.39, 0.29) is 10.8 Å². The van der Waals surface area contributed by atoms with Gasteiger partial charge in [-0.05, 0) is 152 Å². The van der Waals surface area contributed by atoms with Crippen LogP contribution in [0.5, 0.6) is 0 Å². The molecular formula is C61H55N. The molecule has 0 heterocycles. The molecule has 8 aromatic rings. The molecule has 0 N–H and O–H groups in total. The first-order chi connectivity index (χ1) is 30.2. The zero-order valence-corrected chi connectivity index (χ0v) is 36.6. The Morgan fingerprint density at radius 2 is 0.984 bits per heavy atom. The Labute approximate surface area is 368 Å². The van der Waals surface area contributed by atoms with E-state index in [4.69, 9.17) is 0 Å². The van der Waals surface area contributed by atoms with Crippen molar-refractivity contribution in [2.24, 2.45) is 0 Å². The number of rotatable bonds is 7. The van der Waals surface area contributed by atoms with Crippen LogP contribution in [0.1, 0.15) is 97.9 Å². The van der Waals surface area contributed by atoms with Gasteiger partial charge in [0.25, 0.3) is 0 Å². The van der Waals surface area contributed by atoms with Crippen LogP contribution in [0.4, 0.5) is 17.1 Å². The molecule has 0 radical (unpaired) electrons. The average molecular weight is 802 g/mol. The van der Waals surface area contributed by atoms with E-state index in [1.165, 1.54) is 121 Å². The van der Waals surface area contributed by atoms with E-state index in [9.17, 15) is 0 Å². The summed E-state index contributed by atoms with van der Waals surface area (Å²) < 4.78 is 0. The molecule has 0 amide bonds. The second kappa shape index (κ2) is 14.9. The molecule has 304 valence electrons. The summed E-state index contributed by atoms with van der Waals surface area (Å²) in [7, 11) is 0. The maximum Gasteiger partial charge on any atom is 0.0714 e. The fourth-order valence-electron chi connectivity index (χ4n) is 11.5. The van der Waals surface area contributed by atoms with Crippen molar-refractivity contribution >= 4 is 17.1 Å². The van der Waals surface area contributed by atoms with E-state index in [0.29, 0.717) is 0 Å². The molecule has 11 rings (SSSR count). The first kappa shape index (κ1) is 38.5. The van der Waals surface area contributed by atoms with E-state index < -0.39 is 5.41 Å². The van der Waals surface area contributed by atoms with Crippen LogP contribution in [0.3, 0.4) is 0 Å². The highest BCUT2D eigenvalue weighted by Gasteiger charge is 2.47. The van der Waals surface area contributed by atoms with Gasteiger partial charge in [-0.3, -0.25) is 0 Å². The first-order valence-electron chi connectivity index (χ1n) is 22.9. The molecule has 0 saturated carbocycles. The Balaban J connectivity index is 1.18. The predicted molar refractivity (Wildman–Crippen MR) is 261 cm³/mol. The van der Waals surface area contributed by atoms with Crippen molar-refractivity contribution in [3.05, 3.63) is 233 Å². The van der Waals surface area contributed by atoms with Crippen molar-refractivity contribution in [1.29, 1.82) is 0 Å². The molecule has 0 fully saturated rings. The summed E-state index contributed by atoms with van der Waals surface area (Å²) >= 11 is 0. The van der Waals surface area contributed by atoms with E-state index in [1.54, 1.807) is 0 Å².